The van der Waals surface area contributed by atoms with Crippen LogP contribution in [0.15, 0.2) is 85.1 Å². The van der Waals surface area contributed by atoms with Crippen LogP contribution in [0.1, 0.15) is 44.9 Å². The molecule has 2 aromatic heterocycles. The molecule has 3 aromatic carbocycles. The summed E-state index contributed by atoms with van der Waals surface area (Å²) in [5, 5.41) is 12.7. The van der Waals surface area contributed by atoms with E-state index >= 15 is 0 Å². The number of anilines is 3. The van der Waals surface area contributed by atoms with Crippen molar-refractivity contribution in [2.75, 3.05) is 28.6 Å². The molecule has 2 amide bonds. The van der Waals surface area contributed by atoms with E-state index in [0.29, 0.717) is 17.3 Å². The molecule has 1 aliphatic heterocycles. The molecule has 8 nitrogen and oxygen atoms in total. The summed E-state index contributed by atoms with van der Waals surface area (Å²) in [6, 6.07) is 25.2. The van der Waals surface area contributed by atoms with Crippen LogP contribution in [-0.2, 0) is 5.41 Å². The summed E-state index contributed by atoms with van der Waals surface area (Å²) in [5.74, 6) is 2.97. The van der Waals surface area contributed by atoms with Gasteiger partial charge < -0.3 is 15.0 Å². The van der Waals surface area contributed by atoms with Crippen molar-refractivity contribution in [2.45, 2.75) is 46.0 Å². The summed E-state index contributed by atoms with van der Waals surface area (Å²) in [4.78, 5) is 20.2. The van der Waals surface area contributed by atoms with Crippen LogP contribution in [0.4, 0.5) is 22.1 Å². The number of rotatable bonds is 6. The largest absolute Gasteiger partial charge is 0.457 e. The van der Waals surface area contributed by atoms with Crippen molar-refractivity contribution >= 4 is 34.1 Å². The first-order chi connectivity index (χ1) is 20.2. The van der Waals surface area contributed by atoms with Gasteiger partial charge in [-0.15, -0.1) is 0 Å². The van der Waals surface area contributed by atoms with Crippen molar-refractivity contribution in [1.29, 1.82) is 0 Å². The third kappa shape index (κ3) is 5.79. The number of aromatic nitrogens is 3. The van der Waals surface area contributed by atoms with E-state index in [4.69, 9.17) is 9.84 Å². The number of hydrogen-bond donors (Lipinski definition) is 2. The van der Waals surface area contributed by atoms with Gasteiger partial charge in [-0.2, -0.15) is 5.10 Å². The van der Waals surface area contributed by atoms with Crippen molar-refractivity contribution < 1.29 is 9.53 Å². The summed E-state index contributed by atoms with van der Waals surface area (Å²) in [7, 11) is 0. The predicted molar refractivity (Wildman–Crippen MR) is 169 cm³/mol. The monoisotopic (exact) mass is 560 g/mol. The minimum atomic E-state index is -0.355. The molecule has 0 atom stereocenters. The number of aryl methyl sites for hydroxylation is 1. The van der Waals surface area contributed by atoms with Crippen molar-refractivity contribution in [3.8, 4) is 17.2 Å². The van der Waals surface area contributed by atoms with Crippen LogP contribution < -0.4 is 20.3 Å². The second-order valence-electron chi connectivity index (χ2n) is 11.8. The van der Waals surface area contributed by atoms with E-state index in [9.17, 15) is 4.79 Å². The Morgan fingerprint density at radius 1 is 0.881 bits per heavy atom. The first-order valence-electron chi connectivity index (χ1n) is 14.4. The number of carbonyl (C=O) groups excluding carboxylic acids is 1. The second-order valence-corrected chi connectivity index (χ2v) is 11.8. The second kappa shape index (κ2) is 11.2. The zero-order chi connectivity index (χ0) is 29.3. The van der Waals surface area contributed by atoms with E-state index in [1.165, 1.54) is 12.8 Å². The summed E-state index contributed by atoms with van der Waals surface area (Å²) < 4.78 is 8.13. The van der Waals surface area contributed by atoms with Crippen LogP contribution in [0.25, 0.3) is 16.5 Å². The summed E-state index contributed by atoms with van der Waals surface area (Å²) in [6.45, 7) is 10.4. The van der Waals surface area contributed by atoms with E-state index in [0.717, 1.165) is 52.4 Å². The lowest BCUT2D eigenvalue weighted by Gasteiger charge is -2.17. The van der Waals surface area contributed by atoms with E-state index in [1.807, 2.05) is 85.8 Å². The fraction of sp³-hybridized carbons (Fsp3) is 0.265. The Kier molecular flexibility index (Phi) is 7.29. The highest BCUT2D eigenvalue weighted by atomic mass is 16.5. The normalized spacial score (nSPS) is 13.4. The van der Waals surface area contributed by atoms with Gasteiger partial charge in [0.1, 0.15) is 23.1 Å². The van der Waals surface area contributed by atoms with E-state index in [2.05, 4.69) is 41.3 Å². The van der Waals surface area contributed by atoms with Crippen LogP contribution >= 0.6 is 0 Å². The molecule has 0 unspecified atom stereocenters. The van der Waals surface area contributed by atoms with Gasteiger partial charge in [-0.25, -0.2) is 14.5 Å². The third-order valence-corrected chi connectivity index (χ3v) is 7.51. The first kappa shape index (κ1) is 27.3. The van der Waals surface area contributed by atoms with Crippen molar-refractivity contribution in [2.24, 2.45) is 0 Å². The number of urea groups is 1. The summed E-state index contributed by atoms with van der Waals surface area (Å²) in [5.41, 5.74) is 3.42. The molecule has 0 saturated carbocycles. The molecular weight excluding hydrogens is 524 g/mol. The standard InChI is InChI=1S/C34H36N6O2/c1-23-11-13-24(14-12-23)40-32(22-30(38-40)34(2,3)4)37-33(41)36-28-15-16-29(27-10-6-5-9-26(27)28)42-25-17-18-35-31(21-25)39-19-7-8-20-39/h5-6,9-18,21-22H,7-8,19-20H2,1-4H3,(H2,36,37,41). The molecule has 1 aliphatic rings. The Labute approximate surface area is 246 Å². The number of fused-ring (bicyclic) bond motifs is 1. The van der Waals surface area contributed by atoms with Crippen molar-refractivity contribution in [3.05, 3.63) is 96.3 Å². The molecule has 42 heavy (non-hydrogen) atoms. The van der Waals surface area contributed by atoms with Gasteiger partial charge in [0.25, 0.3) is 0 Å². The Morgan fingerprint density at radius 2 is 1.62 bits per heavy atom. The highest BCUT2D eigenvalue weighted by Crippen LogP contribution is 2.35. The number of nitrogens with zero attached hydrogens (tertiary/aromatic N) is 4. The molecule has 0 spiro atoms. The molecule has 0 radical (unpaired) electrons. The molecule has 1 fully saturated rings. The highest BCUT2D eigenvalue weighted by molar-refractivity contribution is 6.07. The number of ether oxygens (including phenoxy) is 1. The Morgan fingerprint density at radius 3 is 2.36 bits per heavy atom. The Balaban J connectivity index is 1.25. The van der Waals surface area contributed by atoms with E-state index < -0.39 is 0 Å². The van der Waals surface area contributed by atoms with E-state index in [1.54, 1.807) is 10.9 Å². The SMILES string of the molecule is Cc1ccc(-n2nc(C(C)(C)C)cc2NC(=O)Nc2ccc(Oc3ccnc(N4CCCC4)c3)c3ccccc23)cc1. The fourth-order valence-corrected chi connectivity index (χ4v) is 5.17. The molecule has 3 heterocycles. The molecule has 214 valence electrons. The van der Waals surface area contributed by atoms with Crippen LogP contribution in [0.2, 0.25) is 0 Å². The van der Waals surface area contributed by atoms with Crippen molar-refractivity contribution in [3.63, 3.8) is 0 Å². The molecule has 0 bridgehead atoms. The molecule has 2 N–H and O–H groups in total. The lowest BCUT2D eigenvalue weighted by Crippen LogP contribution is -2.21. The van der Waals surface area contributed by atoms with Gasteiger partial charge in [0.2, 0.25) is 0 Å². The number of nitrogens with one attached hydrogen (secondary N) is 2. The average Bonchev–Trinajstić information content (AvgIpc) is 3.66. The van der Waals surface area contributed by atoms with Gasteiger partial charge in [-0.1, -0.05) is 62.7 Å². The lowest BCUT2D eigenvalue weighted by atomic mass is 9.92. The number of benzene rings is 3. The molecule has 1 saturated heterocycles. The molecule has 0 aliphatic carbocycles. The van der Waals surface area contributed by atoms with Gasteiger partial charge >= 0.3 is 6.03 Å². The van der Waals surface area contributed by atoms with E-state index in [-0.39, 0.29) is 11.4 Å². The van der Waals surface area contributed by atoms with Gasteiger partial charge in [-0.05, 0) is 50.1 Å². The van der Waals surface area contributed by atoms with Crippen molar-refractivity contribution in [1.82, 2.24) is 14.8 Å². The van der Waals surface area contributed by atoms with Crippen LogP contribution in [-0.4, -0.2) is 33.9 Å². The zero-order valence-electron chi connectivity index (χ0n) is 24.5. The van der Waals surface area contributed by atoms with Gasteiger partial charge in [0.15, 0.2) is 0 Å². The van der Waals surface area contributed by atoms with Crippen LogP contribution in [0, 0.1) is 6.92 Å². The number of pyridine rings is 1. The minimum Gasteiger partial charge on any atom is -0.457 e. The van der Waals surface area contributed by atoms with Crippen LogP contribution in [0.5, 0.6) is 11.5 Å². The maximum atomic E-state index is 13.4. The van der Waals surface area contributed by atoms with Gasteiger partial charge in [0, 0.05) is 47.6 Å². The Hall–Kier alpha value is -4.85. The highest BCUT2D eigenvalue weighted by Gasteiger charge is 2.22. The number of hydrogen-bond acceptors (Lipinski definition) is 5. The topological polar surface area (TPSA) is 84.3 Å². The molecule has 6 rings (SSSR count). The molecular formula is C34H36N6O2. The van der Waals surface area contributed by atoms with Crippen LogP contribution in [0.3, 0.4) is 0 Å². The molecule has 5 aromatic rings. The lowest BCUT2D eigenvalue weighted by molar-refractivity contribution is 0.262. The zero-order valence-corrected chi connectivity index (χ0v) is 24.5. The summed E-state index contributed by atoms with van der Waals surface area (Å²) in [6.07, 6.45) is 4.16. The third-order valence-electron chi connectivity index (χ3n) is 7.51. The first-order valence-corrected chi connectivity index (χ1v) is 14.4. The van der Waals surface area contributed by atoms with Gasteiger partial charge in [-0.3, -0.25) is 5.32 Å². The average molecular weight is 561 g/mol. The summed E-state index contributed by atoms with van der Waals surface area (Å²) >= 11 is 0. The fourth-order valence-electron chi connectivity index (χ4n) is 5.17. The maximum Gasteiger partial charge on any atom is 0.324 e. The number of carbonyl (C=O) groups is 1. The van der Waals surface area contributed by atoms with Gasteiger partial charge in [0.05, 0.1) is 17.1 Å². The predicted octanol–water partition coefficient (Wildman–Crippen LogP) is 8.06. The minimum absolute atomic E-state index is 0.182. The molecule has 8 heteroatoms. The maximum absolute atomic E-state index is 13.4. The Bertz CT molecular complexity index is 1730. The smallest absolute Gasteiger partial charge is 0.324 e. The quantitative estimate of drug-likeness (QED) is 0.219. The number of amides is 2.